The fourth-order valence-electron chi connectivity index (χ4n) is 0.186. The van der Waals surface area contributed by atoms with Crippen LogP contribution in [0.3, 0.4) is 0 Å². The highest BCUT2D eigenvalue weighted by Gasteiger charge is 1.83. The predicted octanol–water partition coefficient (Wildman–Crippen LogP) is 0.945. The molecule has 0 N–H and O–H groups in total. The van der Waals surface area contributed by atoms with E-state index in [-0.39, 0.29) is 5.97 Å². The highest BCUT2D eigenvalue weighted by Crippen LogP contribution is 1.75. The number of rotatable bonds is 2. The maximum atomic E-state index is 9.98. The first-order chi connectivity index (χ1) is 3.77. The minimum absolute atomic E-state index is 0.380. The molecule has 0 aliphatic rings. The Hall–Kier alpha value is -0.860. The number of nitrogens with zero attached hydrogens (tertiary/aromatic N) is 1. The second kappa shape index (κ2) is 4.30. The van der Waals surface area contributed by atoms with Crippen LogP contribution in [0.4, 0.5) is 0 Å². The van der Waals surface area contributed by atoms with Gasteiger partial charge in [0.05, 0.1) is 0 Å². The van der Waals surface area contributed by atoms with Crippen molar-refractivity contribution in [3.63, 3.8) is 0 Å². The van der Waals surface area contributed by atoms with E-state index in [1.807, 2.05) is 6.92 Å². The first-order valence-electron chi connectivity index (χ1n) is 2.46. The quantitative estimate of drug-likeness (QED) is 0.305. The van der Waals surface area contributed by atoms with Gasteiger partial charge in [-0.1, -0.05) is 12.1 Å². The molecule has 46 valence electrons. The van der Waals surface area contributed by atoms with Crippen molar-refractivity contribution in [3.8, 4) is 0 Å². The van der Waals surface area contributed by atoms with Crippen LogP contribution in [0.1, 0.15) is 20.3 Å². The van der Waals surface area contributed by atoms with E-state index in [4.69, 9.17) is 0 Å². The molecule has 0 bridgehead atoms. The third-order valence-electron chi connectivity index (χ3n) is 0.438. The lowest BCUT2D eigenvalue weighted by Gasteiger charge is -1.84. The Morgan fingerprint density at radius 2 is 2.50 bits per heavy atom. The second-order valence-corrected chi connectivity index (χ2v) is 1.28. The second-order valence-electron chi connectivity index (χ2n) is 1.28. The Balaban J connectivity index is 3.16. The molecule has 0 aliphatic carbocycles. The molecular weight excluding hydrogens is 106 g/mol. The van der Waals surface area contributed by atoms with Crippen molar-refractivity contribution in [2.45, 2.75) is 20.3 Å². The lowest BCUT2D eigenvalue weighted by atomic mass is 10.6. The topological polar surface area (TPSA) is 38.7 Å². The van der Waals surface area contributed by atoms with Gasteiger partial charge in [0.1, 0.15) is 0 Å². The molecule has 0 aromatic heterocycles. The third kappa shape index (κ3) is 5.14. The molecule has 0 unspecified atom stereocenters. The monoisotopic (exact) mass is 115 g/mol. The number of carbonyl (C=O) groups excluding carboxylic acids is 1. The van der Waals surface area contributed by atoms with Gasteiger partial charge in [-0.25, -0.2) is 4.79 Å². The van der Waals surface area contributed by atoms with E-state index in [1.165, 1.54) is 13.1 Å². The van der Waals surface area contributed by atoms with E-state index in [2.05, 4.69) is 9.99 Å². The molecule has 0 radical (unpaired) electrons. The molecule has 0 aromatic rings. The van der Waals surface area contributed by atoms with Crippen LogP contribution >= 0.6 is 0 Å². The highest BCUT2D eigenvalue weighted by atomic mass is 16.7. The summed E-state index contributed by atoms with van der Waals surface area (Å²) in [5, 5.41) is 3.31. The maximum absolute atomic E-state index is 9.98. The molecule has 0 fully saturated rings. The van der Waals surface area contributed by atoms with Crippen LogP contribution in [0.25, 0.3) is 0 Å². The van der Waals surface area contributed by atoms with Crippen LogP contribution in [0.15, 0.2) is 5.16 Å². The van der Waals surface area contributed by atoms with Crippen molar-refractivity contribution in [3.05, 3.63) is 0 Å². The lowest BCUT2D eigenvalue weighted by Crippen LogP contribution is -1.90. The van der Waals surface area contributed by atoms with Crippen LogP contribution in [-0.4, -0.2) is 12.2 Å². The Bertz CT molecular complexity index is 98.6. The normalized spacial score (nSPS) is 9.75. The summed E-state index contributed by atoms with van der Waals surface area (Å²) >= 11 is 0. The molecule has 0 atom stereocenters. The highest BCUT2D eigenvalue weighted by molar-refractivity contribution is 5.67. The van der Waals surface area contributed by atoms with Gasteiger partial charge in [-0.15, -0.1) is 0 Å². The molecule has 8 heavy (non-hydrogen) atoms. The summed E-state index contributed by atoms with van der Waals surface area (Å²) in [5.41, 5.74) is 0. The van der Waals surface area contributed by atoms with E-state index in [0.29, 0.717) is 0 Å². The average molecular weight is 115 g/mol. The first kappa shape index (κ1) is 7.14. The average Bonchev–Trinajstić information content (AvgIpc) is 1.66. The van der Waals surface area contributed by atoms with Crippen molar-refractivity contribution < 1.29 is 9.63 Å². The van der Waals surface area contributed by atoms with E-state index in [9.17, 15) is 4.79 Å². The Morgan fingerprint density at radius 3 is 2.88 bits per heavy atom. The summed E-state index contributed by atoms with van der Waals surface area (Å²) in [6, 6.07) is 0. The van der Waals surface area contributed by atoms with Crippen LogP contribution in [-0.2, 0) is 9.63 Å². The minimum atomic E-state index is -0.380. The molecular formula is C5H9NO2. The third-order valence-corrected chi connectivity index (χ3v) is 0.438. The molecule has 0 aromatic carbocycles. The summed E-state index contributed by atoms with van der Waals surface area (Å²) in [6.07, 6.45) is 2.31. The van der Waals surface area contributed by atoms with Crippen LogP contribution in [0.2, 0.25) is 0 Å². The van der Waals surface area contributed by atoms with E-state index in [1.54, 1.807) is 0 Å². The predicted molar refractivity (Wildman–Crippen MR) is 30.5 cm³/mol. The zero-order chi connectivity index (χ0) is 6.41. The standard InChI is InChI=1S/C5H9NO2/c1-3-4-6-8-5(2)7/h4H,3H2,1-2H3. The number of hydrogen-bond acceptors (Lipinski definition) is 3. The summed E-state index contributed by atoms with van der Waals surface area (Å²) < 4.78 is 0. The molecule has 0 aliphatic heterocycles. The lowest BCUT2D eigenvalue weighted by molar-refractivity contribution is -0.140. The van der Waals surface area contributed by atoms with Crippen LogP contribution in [0, 0.1) is 0 Å². The van der Waals surface area contributed by atoms with Gasteiger partial charge in [0, 0.05) is 13.1 Å². The van der Waals surface area contributed by atoms with Gasteiger partial charge < -0.3 is 4.84 Å². The molecule has 3 heteroatoms. The van der Waals surface area contributed by atoms with Crippen molar-refractivity contribution in [2.24, 2.45) is 5.16 Å². The van der Waals surface area contributed by atoms with Gasteiger partial charge in [-0.2, -0.15) is 0 Å². The number of hydrogen-bond donors (Lipinski definition) is 0. The van der Waals surface area contributed by atoms with E-state index >= 15 is 0 Å². The molecule has 0 rings (SSSR count). The Labute approximate surface area is 48.3 Å². The summed E-state index contributed by atoms with van der Waals surface area (Å²) in [5.74, 6) is -0.380. The smallest absolute Gasteiger partial charge is 0.319 e. The molecule has 0 amide bonds. The fraction of sp³-hybridized carbons (Fsp3) is 0.600. The van der Waals surface area contributed by atoms with E-state index < -0.39 is 0 Å². The van der Waals surface area contributed by atoms with Crippen molar-refractivity contribution in [2.75, 3.05) is 0 Å². The van der Waals surface area contributed by atoms with Crippen LogP contribution in [0.5, 0.6) is 0 Å². The SMILES string of the molecule is CCC=NOC(C)=O. The largest absolute Gasteiger partial charge is 0.331 e. The van der Waals surface area contributed by atoms with Crippen LogP contribution < -0.4 is 0 Å². The molecule has 0 heterocycles. The van der Waals surface area contributed by atoms with E-state index in [0.717, 1.165) is 6.42 Å². The first-order valence-corrected chi connectivity index (χ1v) is 2.46. The van der Waals surface area contributed by atoms with Crippen molar-refractivity contribution >= 4 is 12.2 Å². The molecule has 0 saturated heterocycles. The van der Waals surface area contributed by atoms with Gasteiger partial charge in [-0.05, 0) is 6.42 Å². The number of oxime groups is 1. The molecule has 0 saturated carbocycles. The van der Waals surface area contributed by atoms with Gasteiger partial charge in [0.2, 0.25) is 0 Å². The zero-order valence-electron chi connectivity index (χ0n) is 5.05. The Morgan fingerprint density at radius 1 is 1.88 bits per heavy atom. The van der Waals surface area contributed by atoms with Gasteiger partial charge in [-0.3, -0.25) is 0 Å². The van der Waals surface area contributed by atoms with Gasteiger partial charge in [0.25, 0.3) is 0 Å². The summed E-state index contributed by atoms with van der Waals surface area (Å²) in [4.78, 5) is 14.2. The van der Waals surface area contributed by atoms with Gasteiger partial charge in [0.15, 0.2) is 0 Å². The van der Waals surface area contributed by atoms with Crippen molar-refractivity contribution in [1.82, 2.24) is 0 Å². The zero-order valence-corrected chi connectivity index (χ0v) is 5.05. The van der Waals surface area contributed by atoms with Crippen molar-refractivity contribution in [1.29, 1.82) is 0 Å². The minimum Gasteiger partial charge on any atom is -0.319 e. The Kier molecular flexibility index (Phi) is 3.84. The number of carbonyl (C=O) groups is 1. The fourth-order valence-corrected chi connectivity index (χ4v) is 0.186. The summed E-state index contributed by atoms with van der Waals surface area (Å²) in [7, 11) is 0. The van der Waals surface area contributed by atoms with Gasteiger partial charge >= 0.3 is 5.97 Å². The molecule has 3 nitrogen and oxygen atoms in total. The molecule has 0 spiro atoms. The summed E-state index contributed by atoms with van der Waals surface area (Å²) in [6.45, 7) is 3.22. The maximum Gasteiger partial charge on any atom is 0.331 e.